The van der Waals surface area contributed by atoms with Crippen LogP contribution >= 0.6 is 11.6 Å². The Balaban J connectivity index is 1.70. The van der Waals surface area contributed by atoms with Gasteiger partial charge in [-0.15, -0.1) is 0 Å². The fourth-order valence-corrected chi connectivity index (χ4v) is 2.46. The quantitative estimate of drug-likeness (QED) is 0.718. The molecule has 25 heavy (non-hydrogen) atoms. The summed E-state index contributed by atoms with van der Waals surface area (Å²) in [7, 11) is 0. The van der Waals surface area contributed by atoms with Crippen molar-refractivity contribution < 1.29 is 4.79 Å². The predicted octanol–water partition coefficient (Wildman–Crippen LogP) is 4.30. The zero-order chi connectivity index (χ0) is 17.6. The van der Waals surface area contributed by atoms with Crippen molar-refractivity contribution in [2.75, 3.05) is 10.6 Å². The number of nitrogens with one attached hydrogen (secondary N) is 2. The highest BCUT2D eigenvalue weighted by Crippen LogP contribution is 2.21. The van der Waals surface area contributed by atoms with Crippen LogP contribution in [-0.4, -0.2) is 15.9 Å². The normalized spacial score (nSPS) is 10.3. The monoisotopic (exact) mass is 352 g/mol. The van der Waals surface area contributed by atoms with Crippen LogP contribution < -0.4 is 10.6 Å². The summed E-state index contributed by atoms with van der Waals surface area (Å²) in [4.78, 5) is 20.6. The number of rotatable bonds is 5. The molecule has 2 aromatic heterocycles. The molecule has 2 heterocycles. The number of aromatic nitrogens is 2. The van der Waals surface area contributed by atoms with Crippen molar-refractivity contribution in [2.24, 2.45) is 0 Å². The molecule has 5 nitrogen and oxygen atoms in total. The maximum atomic E-state index is 12.5. The number of hydrogen-bond acceptors (Lipinski definition) is 4. The van der Waals surface area contributed by atoms with E-state index in [1.165, 1.54) is 6.20 Å². The van der Waals surface area contributed by atoms with Gasteiger partial charge in [-0.3, -0.25) is 14.8 Å². The van der Waals surface area contributed by atoms with Crippen molar-refractivity contribution in [1.29, 1.82) is 0 Å². The molecule has 0 aliphatic carbocycles. The lowest BCUT2D eigenvalue weighted by Gasteiger charge is -2.10. The van der Waals surface area contributed by atoms with E-state index in [1.807, 2.05) is 25.1 Å². The zero-order valence-corrected chi connectivity index (χ0v) is 14.4. The van der Waals surface area contributed by atoms with Crippen LogP contribution in [0.2, 0.25) is 5.02 Å². The third-order valence-corrected chi connectivity index (χ3v) is 3.93. The maximum Gasteiger partial charge on any atom is 0.257 e. The van der Waals surface area contributed by atoms with Crippen LogP contribution in [0.5, 0.6) is 0 Å². The molecular formula is C19H17ClN4O. The molecular weight excluding hydrogens is 336 g/mol. The second kappa shape index (κ2) is 7.77. The van der Waals surface area contributed by atoms with E-state index >= 15 is 0 Å². The van der Waals surface area contributed by atoms with Crippen LogP contribution in [0, 0.1) is 6.92 Å². The molecule has 0 spiro atoms. The standard InChI is InChI=1S/C19H17ClN4O/c1-13-2-3-16(20)9-18(13)24-19(25)15-8-17(12-22-11-15)23-10-14-4-6-21-7-5-14/h2-9,11-12,23H,10H2,1H3,(H,24,25). The molecule has 126 valence electrons. The molecule has 0 saturated carbocycles. The van der Waals surface area contributed by atoms with E-state index < -0.39 is 0 Å². The fraction of sp³-hybridized carbons (Fsp3) is 0.105. The van der Waals surface area contributed by atoms with Gasteiger partial charge in [0.15, 0.2) is 0 Å². The van der Waals surface area contributed by atoms with Crippen molar-refractivity contribution in [2.45, 2.75) is 13.5 Å². The van der Waals surface area contributed by atoms with Crippen molar-refractivity contribution in [3.63, 3.8) is 0 Å². The van der Waals surface area contributed by atoms with Crippen molar-refractivity contribution in [1.82, 2.24) is 9.97 Å². The molecule has 0 fully saturated rings. The molecule has 3 rings (SSSR count). The van der Waals surface area contributed by atoms with Gasteiger partial charge in [-0.1, -0.05) is 17.7 Å². The molecule has 0 unspecified atom stereocenters. The van der Waals surface area contributed by atoms with E-state index in [9.17, 15) is 4.79 Å². The smallest absolute Gasteiger partial charge is 0.257 e. The van der Waals surface area contributed by atoms with Crippen LogP contribution in [0.15, 0.2) is 61.2 Å². The molecule has 0 bridgehead atoms. The number of amides is 1. The topological polar surface area (TPSA) is 66.9 Å². The lowest BCUT2D eigenvalue weighted by Crippen LogP contribution is -2.13. The largest absolute Gasteiger partial charge is 0.380 e. The number of pyridine rings is 2. The highest BCUT2D eigenvalue weighted by Gasteiger charge is 2.09. The number of carbonyl (C=O) groups is 1. The third-order valence-electron chi connectivity index (χ3n) is 3.69. The first-order chi connectivity index (χ1) is 12.1. The van der Waals surface area contributed by atoms with Gasteiger partial charge in [0.25, 0.3) is 5.91 Å². The fourth-order valence-electron chi connectivity index (χ4n) is 2.29. The van der Waals surface area contributed by atoms with Crippen LogP contribution in [0.3, 0.4) is 0 Å². The SMILES string of the molecule is Cc1ccc(Cl)cc1NC(=O)c1cncc(NCc2ccncc2)c1. The molecule has 1 aromatic carbocycles. The molecule has 6 heteroatoms. The number of anilines is 2. The van der Waals surface area contributed by atoms with E-state index in [0.29, 0.717) is 22.8 Å². The van der Waals surface area contributed by atoms with Crippen LogP contribution in [0.25, 0.3) is 0 Å². The van der Waals surface area contributed by atoms with E-state index in [1.54, 1.807) is 36.8 Å². The van der Waals surface area contributed by atoms with E-state index in [0.717, 1.165) is 16.8 Å². The lowest BCUT2D eigenvalue weighted by atomic mass is 10.2. The highest BCUT2D eigenvalue weighted by molar-refractivity contribution is 6.31. The van der Waals surface area contributed by atoms with Gasteiger partial charge in [0.1, 0.15) is 0 Å². The summed E-state index contributed by atoms with van der Waals surface area (Å²) in [5.41, 5.74) is 3.97. The van der Waals surface area contributed by atoms with Crippen molar-refractivity contribution in [3.05, 3.63) is 82.9 Å². The van der Waals surface area contributed by atoms with Gasteiger partial charge < -0.3 is 10.6 Å². The van der Waals surface area contributed by atoms with E-state index in [-0.39, 0.29) is 5.91 Å². The van der Waals surface area contributed by atoms with Crippen molar-refractivity contribution in [3.8, 4) is 0 Å². The highest BCUT2D eigenvalue weighted by atomic mass is 35.5. The molecule has 0 radical (unpaired) electrons. The molecule has 0 saturated heterocycles. The minimum atomic E-state index is -0.231. The Hall–Kier alpha value is -2.92. The molecule has 3 aromatic rings. The summed E-state index contributed by atoms with van der Waals surface area (Å²) in [6.45, 7) is 2.54. The summed E-state index contributed by atoms with van der Waals surface area (Å²) in [5, 5.41) is 6.69. The zero-order valence-electron chi connectivity index (χ0n) is 13.7. The first-order valence-electron chi connectivity index (χ1n) is 7.77. The predicted molar refractivity (Wildman–Crippen MR) is 99.9 cm³/mol. The Kier molecular flexibility index (Phi) is 5.26. The molecule has 1 amide bonds. The third kappa shape index (κ3) is 4.55. The van der Waals surface area contributed by atoms with Crippen LogP contribution in [0.1, 0.15) is 21.5 Å². The summed E-state index contributed by atoms with van der Waals surface area (Å²) < 4.78 is 0. The molecule has 0 aliphatic heterocycles. The number of aryl methyl sites for hydroxylation is 1. The second-order valence-electron chi connectivity index (χ2n) is 5.58. The van der Waals surface area contributed by atoms with Gasteiger partial charge in [-0.25, -0.2) is 0 Å². The van der Waals surface area contributed by atoms with Gasteiger partial charge in [-0.2, -0.15) is 0 Å². The van der Waals surface area contributed by atoms with Gasteiger partial charge in [0.2, 0.25) is 0 Å². The number of halogens is 1. The van der Waals surface area contributed by atoms with E-state index in [2.05, 4.69) is 20.6 Å². The van der Waals surface area contributed by atoms with Gasteiger partial charge >= 0.3 is 0 Å². The minimum absolute atomic E-state index is 0.231. The Morgan fingerprint density at radius 3 is 2.68 bits per heavy atom. The number of nitrogens with zero attached hydrogens (tertiary/aromatic N) is 2. The number of benzene rings is 1. The van der Waals surface area contributed by atoms with Crippen LogP contribution in [-0.2, 0) is 6.54 Å². The van der Waals surface area contributed by atoms with Crippen molar-refractivity contribution >= 4 is 28.9 Å². The summed E-state index contributed by atoms with van der Waals surface area (Å²) >= 11 is 5.99. The first-order valence-corrected chi connectivity index (χ1v) is 8.15. The maximum absolute atomic E-state index is 12.5. The minimum Gasteiger partial charge on any atom is -0.380 e. The lowest BCUT2D eigenvalue weighted by molar-refractivity contribution is 0.102. The summed E-state index contributed by atoms with van der Waals surface area (Å²) in [5.74, 6) is -0.231. The Morgan fingerprint density at radius 2 is 1.88 bits per heavy atom. The average Bonchev–Trinajstić information content (AvgIpc) is 2.64. The number of carbonyl (C=O) groups excluding carboxylic acids is 1. The summed E-state index contributed by atoms with van der Waals surface area (Å²) in [6.07, 6.45) is 6.70. The van der Waals surface area contributed by atoms with Gasteiger partial charge in [0.05, 0.1) is 11.3 Å². The van der Waals surface area contributed by atoms with Crippen LogP contribution in [0.4, 0.5) is 11.4 Å². The molecule has 2 N–H and O–H groups in total. The first kappa shape index (κ1) is 16.9. The molecule has 0 atom stereocenters. The Bertz CT molecular complexity index is 884. The average molecular weight is 353 g/mol. The van der Waals surface area contributed by atoms with E-state index in [4.69, 9.17) is 11.6 Å². The van der Waals surface area contributed by atoms with Gasteiger partial charge in [0, 0.05) is 42.0 Å². The summed E-state index contributed by atoms with van der Waals surface area (Å²) in [6, 6.07) is 11.0. The second-order valence-corrected chi connectivity index (χ2v) is 6.02. The molecule has 0 aliphatic rings. The van der Waals surface area contributed by atoms with Gasteiger partial charge in [-0.05, 0) is 48.4 Å². The Labute approximate surface area is 151 Å². The number of hydrogen-bond donors (Lipinski definition) is 2. The Morgan fingerprint density at radius 1 is 1.08 bits per heavy atom.